The van der Waals surface area contributed by atoms with Gasteiger partial charge in [-0.2, -0.15) is 10.2 Å². The van der Waals surface area contributed by atoms with E-state index in [2.05, 4.69) is 16.2 Å². The van der Waals surface area contributed by atoms with Crippen LogP contribution in [0.5, 0.6) is 5.75 Å². The number of aromatic nitrogens is 2. The molecule has 2 aromatic carbocycles. The van der Waals surface area contributed by atoms with E-state index in [1.54, 1.807) is 29.2 Å². The Balaban J connectivity index is 1.27. The molecule has 0 unspecified atom stereocenters. The van der Waals surface area contributed by atoms with Crippen molar-refractivity contribution in [3.05, 3.63) is 76.9 Å². The van der Waals surface area contributed by atoms with Gasteiger partial charge in [0.05, 0.1) is 24.2 Å². The van der Waals surface area contributed by atoms with Crippen LogP contribution in [-0.2, 0) is 6.42 Å². The third-order valence-electron chi connectivity index (χ3n) is 4.82. The van der Waals surface area contributed by atoms with Crippen LogP contribution in [0.4, 0.5) is 0 Å². The van der Waals surface area contributed by atoms with Crippen LogP contribution in [0.1, 0.15) is 39.1 Å². The molecule has 1 aromatic heterocycles. The zero-order chi connectivity index (χ0) is 20.2. The SMILES string of the molecule is Cc1cccc(OCCc2noc(C3CN(C(=O)c4cccc(C#N)c4)C3)n2)c1. The standard InChI is InChI=1S/C22H20N4O3/c1-15-4-2-7-19(10-15)28-9-8-20-24-21(29-25-20)18-13-26(14-18)22(27)17-6-3-5-16(11-17)12-23/h2-7,10-11,18H,8-9,13-14H2,1H3. The highest BCUT2D eigenvalue weighted by molar-refractivity contribution is 5.95. The van der Waals surface area contributed by atoms with Gasteiger partial charge >= 0.3 is 0 Å². The number of likely N-dealkylation sites (tertiary alicyclic amines) is 1. The van der Waals surface area contributed by atoms with Crippen molar-refractivity contribution >= 4 is 5.91 Å². The fourth-order valence-electron chi connectivity index (χ4n) is 3.21. The van der Waals surface area contributed by atoms with Gasteiger partial charge in [0.25, 0.3) is 5.91 Å². The molecule has 0 saturated carbocycles. The van der Waals surface area contributed by atoms with Crippen LogP contribution in [0.2, 0.25) is 0 Å². The van der Waals surface area contributed by atoms with Gasteiger partial charge in [0.1, 0.15) is 5.75 Å². The number of nitrogens with zero attached hydrogens (tertiary/aromatic N) is 4. The zero-order valence-electron chi connectivity index (χ0n) is 16.0. The Morgan fingerprint density at radius 2 is 2.10 bits per heavy atom. The topological polar surface area (TPSA) is 92.3 Å². The van der Waals surface area contributed by atoms with Crippen molar-refractivity contribution in [2.75, 3.05) is 19.7 Å². The van der Waals surface area contributed by atoms with E-state index in [1.165, 1.54) is 0 Å². The number of hydrogen-bond donors (Lipinski definition) is 0. The fraction of sp³-hybridized carbons (Fsp3) is 0.273. The van der Waals surface area contributed by atoms with E-state index in [0.717, 1.165) is 11.3 Å². The predicted octanol–water partition coefficient (Wildman–Crippen LogP) is 3.11. The van der Waals surface area contributed by atoms with Gasteiger partial charge in [-0.1, -0.05) is 23.4 Å². The lowest BCUT2D eigenvalue weighted by molar-refractivity contribution is 0.0569. The lowest BCUT2D eigenvalue weighted by atomic mass is 9.98. The van der Waals surface area contributed by atoms with Gasteiger partial charge < -0.3 is 14.2 Å². The summed E-state index contributed by atoms with van der Waals surface area (Å²) in [6.45, 7) is 3.53. The molecule has 1 fully saturated rings. The van der Waals surface area contributed by atoms with Gasteiger partial charge in [0, 0.05) is 25.1 Å². The summed E-state index contributed by atoms with van der Waals surface area (Å²) in [5.41, 5.74) is 2.14. The minimum absolute atomic E-state index is 0.0389. The molecule has 7 nitrogen and oxygen atoms in total. The first-order valence-corrected chi connectivity index (χ1v) is 9.44. The largest absolute Gasteiger partial charge is 0.493 e. The van der Waals surface area contributed by atoms with Crippen LogP contribution in [0.3, 0.4) is 0 Å². The van der Waals surface area contributed by atoms with E-state index in [-0.39, 0.29) is 11.8 Å². The van der Waals surface area contributed by atoms with E-state index < -0.39 is 0 Å². The second kappa shape index (κ2) is 8.15. The molecule has 29 heavy (non-hydrogen) atoms. The Kier molecular flexibility index (Phi) is 5.25. The number of amides is 1. The first-order valence-electron chi connectivity index (χ1n) is 9.44. The van der Waals surface area contributed by atoms with Crippen LogP contribution in [0, 0.1) is 18.3 Å². The van der Waals surface area contributed by atoms with Crippen LogP contribution in [0.15, 0.2) is 53.1 Å². The zero-order valence-corrected chi connectivity index (χ0v) is 16.0. The van der Waals surface area contributed by atoms with Crippen molar-refractivity contribution in [1.29, 1.82) is 5.26 Å². The third kappa shape index (κ3) is 4.27. The van der Waals surface area contributed by atoms with Gasteiger partial charge in [-0.15, -0.1) is 0 Å². The molecule has 0 N–H and O–H groups in total. The van der Waals surface area contributed by atoms with Crippen LogP contribution >= 0.6 is 0 Å². The summed E-state index contributed by atoms with van der Waals surface area (Å²) >= 11 is 0. The Hall–Kier alpha value is -3.66. The molecular weight excluding hydrogens is 368 g/mol. The summed E-state index contributed by atoms with van der Waals surface area (Å²) in [5.74, 6) is 1.91. The predicted molar refractivity (Wildman–Crippen MR) is 104 cm³/mol. The lowest BCUT2D eigenvalue weighted by Gasteiger charge is -2.37. The molecule has 3 aromatic rings. The van der Waals surface area contributed by atoms with Crippen molar-refractivity contribution in [2.45, 2.75) is 19.3 Å². The molecule has 1 saturated heterocycles. The number of carbonyl (C=O) groups is 1. The molecule has 0 atom stereocenters. The Labute approximate surface area is 168 Å². The summed E-state index contributed by atoms with van der Waals surface area (Å²) in [4.78, 5) is 18.7. The van der Waals surface area contributed by atoms with Gasteiger partial charge in [0.2, 0.25) is 5.89 Å². The Morgan fingerprint density at radius 3 is 2.90 bits per heavy atom. The number of hydrogen-bond acceptors (Lipinski definition) is 6. The Bertz CT molecular complexity index is 1060. The lowest BCUT2D eigenvalue weighted by Crippen LogP contribution is -2.48. The van der Waals surface area contributed by atoms with Crippen molar-refractivity contribution in [3.63, 3.8) is 0 Å². The fourth-order valence-corrected chi connectivity index (χ4v) is 3.21. The monoisotopic (exact) mass is 388 g/mol. The second-order valence-corrected chi connectivity index (χ2v) is 7.06. The Morgan fingerprint density at radius 1 is 1.28 bits per heavy atom. The molecule has 1 aliphatic heterocycles. The number of carbonyl (C=O) groups excluding carboxylic acids is 1. The van der Waals surface area contributed by atoms with Crippen molar-refractivity contribution in [1.82, 2.24) is 15.0 Å². The molecule has 0 radical (unpaired) electrons. The van der Waals surface area contributed by atoms with E-state index in [1.807, 2.05) is 31.2 Å². The number of benzene rings is 2. The molecule has 7 heteroatoms. The van der Waals surface area contributed by atoms with Crippen molar-refractivity contribution < 1.29 is 14.1 Å². The summed E-state index contributed by atoms with van der Waals surface area (Å²) in [6.07, 6.45) is 0.549. The average Bonchev–Trinajstić information content (AvgIpc) is 3.15. The number of aryl methyl sites for hydroxylation is 1. The number of nitriles is 1. The molecule has 1 amide bonds. The molecule has 146 valence electrons. The van der Waals surface area contributed by atoms with Gasteiger partial charge in [-0.25, -0.2) is 0 Å². The van der Waals surface area contributed by atoms with E-state index >= 15 is 0 Å². The quantitative estimate of drug-likeness (QED) is 0.644. The first kappa shape index (κ1) is 18.7. The first-order chi connectivity index (χ1) is 14.1. The minimum Gasteiger partial charge on any atom is -0.493 e. The summed E-state index contributed by atoms with van der Waals surface area (Å²) in [5, 5.41) is 13.0. The second-order valence-electron chi connectivity index (χ2n) is 7.06. The molecule has 1 aliphatic rings. The van der Waals surface area contributed by atoms with E-state index in [9.17, 15) is 4.79 Å². The van der Waals surface area contributed by atoms with E-state index in [4.69, 9.17) is 14.5 Å². The normalized spacial score (nSPS) is 13.6. The van der Waals surface area contributed by atoms with Gasteiger partial charge in [-0.3, -0.25) is 4.79 Å². The molecule has 2 heterocycles. The molecular formula is C22H20N4O3. The number of rotatable bonds is 6. The number of ether oxygens (including phenoxy) is 1. The maximum atomic E-state index is 12.5. The average molecular weight is 388 g/mol. The highest BCUT2D eigenvalue weighted by Crippen LogP contribution is 2.27. The molecule has 4 rings (SSSR count). The smallest absolute Gasteiger partial charge is 0.253 e. The highest BCUT2D eigenvalue weighted by atomic mass is 16.5. The summed E-state index contributed by atoms with van der Waals surface area (Å²) in [6, 6.07) is 16.6. The molecule has 0 spiro atoms. The molecule has 0 aliphatic carbocycles. The third-order valence-corrected chi connectivity index (χ3v) is 4.82. The summed E-state index contributed by atoms with van der Waals surface area (Å²) in [7, 11) is 0. The van der Waals surface area contributed by atoms with Crippen LogP contribution in [-0.4, -0.2) is 40.6 Å². The molecule has 0 bridgehead atoms. The van der Waals surface area contributed by atoms with E-state index in [0.29, 0.717) is 49.0 Å². The van der Waals surface area contributed by atoms with Crippen molar-refractivity contribution in [3.8, 4) is 11.8 Å². The minimum atomic E-state index is -0.0929. The van der Waals surface area contributed by atoms with Gasteiger partial charge in [0.15, 0.2) is 5.82 Å². The van der Waals surface area contributed by atoms with Gasteiger partial charge in [-0.05, 0) is 42.8 Å². The maximum absolute atomic E-state index is 12.5. The van der Waals surface area contributed by atoms with Crippen LogP contribution in [0.25, 0.3) is 0 Å². The summed E-state index contributed by atoms with van der Waals surface area (Å²) < 4.78 is 11.1. The van der Waals surface area contributed by atoms with Crippen molar-refractivity contribution in [2.24, 2.45) is 0 Å². The van der Waals surface area contributed by atoms with Crippen LogP contribution < -0.4 is 4.74 Å². The highest BCUT2D eigenvalue weighted by Gasteiger charge is 2.36. The maximum Gasteiger partial charge on any atom is 0.253 e.